The molecule has 0 bridgehead atoms. The van der Waals surface area contributed by atoms with Crippen LogP contribution in [-0.2, 0) is 35.1 Å². The number of anilines is 3. The highest BCUT2D eigenvalue weighted by atomic mass is 35.5. The Hall–Kier alpha value is -7.08. The van der Waals surface area contributed by atoms with E-state index in [4.69, 9.17) is 48.7 Å². The molecule has 1 spiro atoms. The first-order valence-electron chi connectivity index (χ1n) is 27.4. The summed E-state index contributed by atoms with van der Waals surface area (Å²) in [5, 5.41) is 9.41. The molecule has 3 fully saturated rings. The van der Waals surface area contributed by atoms with Crippen molar-refractivity contribution in [1.29, 1.82) is 0 Å². The van der Waals surface area contributed by atoms with Crippen LogP contribution >= 0.6 is 31.0 Å². The number of phosphoric acid groups is 1. The summed E-state index contributed by atoms with van der Waals surface area (Å²) in [6.07, 6.45) is 4.03. The van der Waals surface area contributed by atoms with Crippen LogP contribution in [0.2, 0.25) is 0 Å². The number of aromatic nitrogens is 2. The number of likely N-dealkylation sites (N-methyl/N-ethyl adjacent to an activating group) is 2. The van der Waals surface area contributed by atoms with Crippen LogP contribution in [0.25, 0.3) is 21.8 Å². The minimum Gasteiger partial charge on any atom is -0.445 e. The zero-order valence-corrected chi connectivity index (χ0v) is 49.1. The molecular formula is C56H68Cl2N11O13P. The summed E-state index contributed by atoms with van der Waals surface area (Å²) in [6, 6.07) is 7.26. The fourth-order valence-corrected chi connectivity index (χ4v) is 13.9. The Morgan fingerprint density at radius 2 is 1.34 bits per heavy atom. The highest BCUT2D eigenvalue weighted by Crippen LogP contribution is 3.01. The van der Waals surface area contributed by atoms with Crippen molar-refractivity contribution in [2.24, 2.45) is 33.6 Å². The molecule has 0 radical (unpaired) electrons. The first-order chi connectivity index (χ1) is 39.3. The van der Waals surface area contributed by atoms with E-state index in [1.807, 2.05) is 13.8 Å². The van der Waals surface area contributed by atoms with Crippen molar-refractivity contribution in [3.63, 3.8) is 0 Å². The number of phosphoric ester groups is 1. The van der Waals surface area contributed by atoms with E-state index in [1.54, 1.807) is 66.4 Å². The number of nitrogens with zero attached hydrogens (tertiary/aromatic N) is 4. The monoisotopic (exact) mass is 1200 g/mol. The third-order valence-electron chi connectivity index (χ3n) is 17.6. The maximum Gasteiger partial charge on any atom is 0.524 e. The fraction of sp³-hybridized carbons (Fsp3) is 0.482. The summed E-state index contributed by atoms with van der Waals surface area (Å²) in [5.74, 6) is -1.45. The number of carbonyl (C=O) groups excluding carboxylic acids is 7. The number of nitrogens with one attached hydrogen (secondary N) is 5. The minimum atomic E-state index is -4.98. The van der Waals surface area contributed by atoms with Crippen molar-refractivity contribution < 1.29 is 61.9 Å². The number of ether oxygens (including phenoxy) is 2. The minimum absolute atomic E-state index is 0.0567. The summed E-state index contributed by atoms with van der Waals surface area (Å²) in [7, 11) is -1.93. The first-order valence-corrected chi connectivity index (χ1v) is 30.0. The van der Waals surface area contributed by atoms with Crippen LogP contribution < -0.4 is 46.5 Å². The molecule has 3 unspecified atom stereocenters. The number of alkyl halides is 2. The highest BCUT2D eigenvalue weighted by molar-refractivity contribution is 7.46. The molecule has 2 aromatic heterocycles. The first kappa shape index (κ1) is 59.1. The van der Waals surface area contributed by atoms with Gasteiger partial charge in [-0.3, -0.25) is 29.0 Å². The lowest BCUT2D eigenvalue weighted by Gasteiger charge is -2.37. The van der Waals surface area contributed by atoms with E-state index >= 15 is 4.79 Å². The van der Waals surface area contributed by atoms with E-state index in [2.05, 4.69) is 25.9 Å². The van der Waals surface area contributed by atoms with Gasteiger partial charge in [-0.15, -0.1) is 23.2 Å². The van der Waals surface area contributed by atoms with Gasteiger partial charge in [0.15, 0.2) is 11.5 Å². The normalized spacial score (nSPS) is 22.4. The number of amides is 8. The summed E-state index contributed by atoms with van der Waals surface area (Å²) >= 11 is 13.2. The van der Waals surface area contributed by atoms with Crippen LogP contribution in [0, 0.1) is 36.0 Å². The molecule has 3 saturated carbocycles. The molecule has 8 amide bonds. The number of rotatable bonds is 21. The van der Waals surface area contributed by atoms with Gasteiger partial charge < -0.3 is 71.0 Å². The number of carbonyl (C=O) groups is 7. The zero-order valence-electron chi connectivity index (χ0n) is 46.7. The Morgan fingerprint density at radius 1 is 0.807 bits per heavy atom. The van der Waals surface area contributed by atoms with E-state index in [0.29, 0.717) is 64.7 Å². The number of aromatic amines is 2. The number of nitrogens with two attached hydrogens (primary N) is 2. The van der Waals surface area contributed by atoms with E-state index in [0.717, 1.165) is 27.6 Å². The van der Waals surface area contributed by atoms with E-state index < -0.39 is 66.2 Å². The molecule has 11 N–H and O–H groups in total. The number of hydrogen-bond donors (Lipinski definition) is 9. The molecule has 83 heavy (non-hydrogen) atoms. The van der Waals surface area contributed by atoms with Gasteiger partial charge in [-0.1, -0.05) is 26.0 Å². The van der Waals surface area contributed by atoms with Crippen LogP contribution in [0.5, 0.6) is 11.5 Å². The SMILES string of the molecule is Cc1c[nH]c2c(OC(=O)N(C)CCN(C)C(=O)OCc3ccc(NC(=O)[C@H](CCCNC(N)=O)NC(=O)[C@@H](N)C(C)C)cc3)cc3c(c12)[C@H](CCl)CN3C(=O)C12CC3(C(=O)N4C[C@@H](CCl)c5c4cc(OP(=O)(O)O)c4[nH]cc(C)c54)CC13C2. The number of fused-ring (bicyclic) bond motifs is 6. The highest BCUT2D eigenvalue weighted by Gasteiger charge is 3.01. The largest absolute Gasteiger partial charge is 0.524 e. The molecule has 27 heteroatoms. The van der Waals surface area contributed by atoms with Crippen LogP contribution in [0.4, 0.5) is 31.4 Å². The predicted octanol–water partition coefficient (Wildman–Crippen LogP) is 6.50. The number of aryl methyl sites for hydroxylation is 2. The third kappa shape index (κ3) is 10.5. The molecule has 0 saturated heterocycles. The zero-order chi connectivity index (χ0) is 59.8. The average Bonchev–Trinajstić information content (AvgIpc) is 1.41. The summed E-state index contributed by atoms with van der Waals surface area (Å²) < 4.78 is 28.9. The molecule has 3 aromatic carbocycles. The van der Waals surface area contributed by atoms with Crippen molar-refractivity contribution in [2.45, 2.75) is 90.3 Å². The topological polar surface area (TPSA) is 337 Å². The van der Waals surface area contributed by atoms with Gasteiger partial charge in [-0.25, -0.2) is 18.9 Å². The standard InChI is InChI=1S/C56H68Cl2N11O13P/c1-28(2)44(59)48(71)65-35(8-7-13-61-51(60)74)47(70)64-34-11-9-31(10-12-34)24-80-52(75)66(5)14-15-67(6)53(76)81-38-16-36-42(40-29(3)20-62-45(38)40)32(18-57)22-68(36)49(72)54-25-55(27-56(54,55)26-54)50(73)69-23-33(19-58)43-37(69)17-39(82-83(77,78)79)46-41(43)30(4)21-63-46/h9-12,16-17,20-21,28,32-33,35,44,62-63H,7-8,13-15,18-19,22-27,59H2,1-6H3,(H,64,70)(H,65,71)(H3,60,61,74)(H2,77,78,79)/t32-,33-,35+,44+,54?,55?,56?/m1/s1. The van der Waals surface area contributed by atoms with Gasteiger partial charge in [0.05, 0.1) is 39.3 Å². The summed E-state index contributed by atoms with van der Waals surface area (Å²) in [5.41, 5.74) is 15.3. The Morgan fingerprint density at radius 3 is 1.84 bits per heavy atom. The van der Waals surface area contributed by atoms with Gasteiger partial charge >= 0.3 is 26.0 Å². The van der Waals surface area contributed by atoms with Gasteiger partial charge in [-0.2, -0.15) is 0 Å². The lowest BCUT2D eigenvalue weighted by molar-refractivity contribution is -0.134. The Balaban J connectivity index is 0.760. The Kier molecular flexibility index (Phi) is 15.8. The quantitative estimate of drug-likeness (QED) is 0.0215. The fourth-order valence-electron chi connectivity index (χ4n) is 13.0. The van der Waals surface area contributed by atoms with Crippen molar-refractivity contribution in [3.05, 3.63) is 76.6 Å². The van der Waals surface area contributed by atoms with Crippen LogP contribution in [-0.4, -0.2) is 142 Å². The number of benzene rings is 3. The molecule has 7 atom stereocenters. The number of urea groups is 1. The molecule has 444 valence electrons. The van der Waals surface area contributed by atoms with Crippen molar-refractivity contribution in [3.8, 4) is 11.5 Å². The maximum atomic E-state index is 15.1. The second-order valence-electron chi connectivity index (χ2n) is 23.2. The number of H-pyrrole nitrogens is 2. The molecule has 5 aliphatic rings. The van der Waals surface area contributed by atoms with Crippen molar-refractivity contribution in [2.75, 3.05) is 73.7 Å². The predicted molar refractivity (Wildman–Crippen MR) is 310 cm³/mol. The molecule has 3 aliphatic carbocycles. The number of halogens is 2. The molecule has 10 rings (SSSR count). The Bertz CT molecular complexity index is 3540. The van der Waals surface area contributed by atoms with Gasteiger partial charge in [0.1, 0.15) is 12.6 Å². The number of primary amides is 1. The number of hydrogen-bond acceptors (Lipinski definition) is 12. The van der Waals surface area contributed by atoms with Gasteiger partial charge in [0.25, 0.3) is 0 Å². The van der Waals surface area contributed by atoms with E-state index in [1.165, 1.54) is 30.0 Å². The molecule has 5 aromatic rings. The van der Waals surface area contributed by atoms with Crippen molar-refractivity contribution >= 4 is 112 Å². The summed E-state index contributed by atoms with van der Waals surface area (Å²) in [6.45, 7) is 8.12. The van der Waals surface area contributed by atoms with Gasteiger partial charge in [0, 0.05) is 117 Å². The molecule has 2 aliphatic heterocycles. The second-order valence-corrected chi connectivity index (χ2v) is 24.9. The van der Waals surface area contributed by atoms with Crippen LogP contribution in [0.1, 0.15) is 85.6 Å². The van der Waals surface area contributed by atoms with Crippen LogP contribution in [0.15, 0.2) is 48.8 Å². The third-order valence-corrected chi connectivity index (χ3v) is 18.7. The molecule has 24 nitrogen and oxygen atoms in total. The molecule has 4 heterocycles. The van der Waals surface area contributed by atoms with E-state index in [9.17, 15) is 43.1 Å². The van der Waals surface area contributed by atoms with Crippen LogP contribution in [0.3, 0.4) is 0 Å². The lowest BCUT2D eigenvalue weighted by atomic mass is 9.72. The average molecular weight is 1210 g/mol. The lowest BCUT2D eigenvalue weighted by Crippen LogP contribution is -2.51. The second kappa shape index (κ2) is 22.2. The van der Waals surface area contributed by atoms with Gasteiger partial charge in [-0.05, 0) is 91.8 Å². The maximum absolute atomic E-state index is 15.1. The van der Waals surface area contributed by atoms with Crippen molar-refractivity contribution in [1.82, 2.24) is 30.4 Å². The van der Waals surface area contributed by atoms with Gasteiger partial charge in [0.2, 0.25) is 23.6 Å². The molecular weight excluding hydrogens is 1140 g/mol. The smallest absolute Gasteiger partial charge is 0.445 e. The van der Waals surface area contributed by atoms with E-state index in [-0.39, 0.29) is 98.6 Å². The Labute approximate surface area is 487 Å². The summed E-state index contributed by atoms with van der Waals surface area (Å²) in [4.78, 5) is 126.